The van der Waals surface area contributed by atoms with Crippen molar-refractivity contribution < 1.29 is 27.8 Å². The third-order valence-corrected chi connectivity index (χ3v) is 7.14. The molecule has 6 nitrogen and oxygen atoms in total. The molecule has 3 rings (SSSR count). The smallest absolute Gasteiger partial charge is 0.331 e. The van der Waals surface area contributed by atoms with Gasteiger partial charge in [0.05, 0.1) is 0 Å². The molecule has 8 heteroatoms. The third-order valence-electron chi connectivity index (χ3n) is 7.14. The summed E-state index contributed by atoms with van der Waals surface area (Å²) in [5.74, 6) is -6.16. The van der Waals surface area contributed by atoms with Crippen LogP contribution in [0.3, 0.4) is 0 Å². The Morgan fingerprint density at radius 2 is 1.41 bits per heavy atom. The number of hydrogen-bond donors (Lipinski definition) is 0. The first-order chi connectivity index (χ1) is 19.6. The molecule has 1 fully saturated rings. The number of benzene rings is 2. The Bertz CT molecular complexity index is 1160. The Kier molecular flexibility index (Phi) is 12.3. The van der Waals surface area contributed by atoms with Crippen LogP contribution in [0.15, 0.2) is 47.5 Å². The van der Waals surface area contributed by atoms with Gasteiger partial charge in [0.15, 0.2) is 5.82 Å². The van der Waals surface area contributed by atoms with Gasteiger partial charge in [0.25, 0.3) is 5.79 Å². The lowest BCUT2D eigenvalue weighted by atomic mass is 10.0. The molecule has 2 aromatic carbocycles. The van der Waals surface area contributed by atoms with Gasteiger partial charge in [0, 0.05) is 33.0 Å². The molecule has 0 unspecified atom stereocenters. The molecule has 0 amide bonds. The van der Waals surface area contributed by atoms with E-state index in [0.29, 0.717) is 13.1 Å². The maximum atomic E-state index is 14.8. The standard InChI is InChI=1S/C33H44F2N2O4/c1-5-7-9-11-13-21-37(23-25-17-15-24(16-18-25)14-12-10-8-6-2)30(36-28-20-19-26(34)22-27(28)35)29-31(38)40-33(3,4)41-32(29)39/h15-20,22,29H,5-14,21,23H2,1-4H3. The van der Waals surface area contributed by atoms with Crippen LogP contribution in [0.4, 0.5) is 14.5 Å². The van der Waals surface area contributed by atoms with E-state index < -0.39 is 35.3 Å². The van der Waals surface area contributed by atoms with E-state index in [9.17, 15) is 18.4 Å². The molecule has 0 bridgehead atoms. The minimum absolute atomic E-state index is 0.0279. The number of cyclic esters (lactones) is 2. The summed E-state index contributed by atoms with van der Waals surface area (Å²) in [5.41, 5.74) is 2.03. The van der Waals surface area contributed by atoms with Crippen molar-refractivity contribution in [1.82, 2.24) is 4.90 Å². The molecular weight excluding hydrogens is 526 g/mol. The second kappa shape index (κ2) is 15.6. The van der Waals surface area contributed by atoms with Gasteiger partial charge in [-0.05, 0) is 42.5 Å². The monoisotopic (exact) mass is 570 g/mol. The fourth-order valence-electron chi connectivity index (χ4n) is 4.91. The Balaban J connectivity index is 1.96. The van der Waals surface area contributed by atoms with Crippen molar-refractivity contribution in [1.29, 1.82) is 0 Å². The highest BCUT2D eigenvalue weighted by Crippen LogP contribution is 2.29. The first kappa shape index (κ1) is 32.2. The molecule has 0 radical (unpaired) electrons. The zero-order valence-electron chi connectivity index (χ0n) is 24.9. The quantitative estimate of drug-likeness (QED) is 0.0713. The maximum absolute atomic E-state index is 14.8. The number of unbranched alkanes of at least 4 members (excludes halogenated alkanes) is 7. The van der Waals surface area contributed by atoms with Crippen LogP contribution in [0.1, 0.15) is 96.6 Å². The van der Waals surface area contributed by atoms with Crippen molar-refractivity contribution in [2.75, 3.05) is 6.54 Å². The van der Waals surface area contributed by atoms with Crippen molar-refractivity contribution in [2.24, 2.45) is 10.9 Å². The molecule has 0 atom stereocenters. The Hall–Kier alpha value is -3.29. The van der Waals surface area contributed by atoms with E-state index in [0.717, 1.165) is 62.6 Å². The van der Waals surface area contributed by atoms with Crippen molar-refractivity contribution in [3.05, 3.63) is 65.2 Å². The topological polar surface area (TPSA) is 68.2 Å². The number of nitrogens with zero attached hydrogens (tertiary/aromatic N) is 2. The van der Waals surface area contributed by atoms with Gasteiger partial charge in [-0.1, -0.05) is 83.1 Å². The van der Waals surface area contributed by atoms with Crippen LogP contribution < -0.4 is 0 Å². The second-order valence-electron chi connectivity index (χ2n) is 11.2. The summed E-state index contributed by atoms with van der Waals surface area (Å²) in [6.45, 7) is 8.11. The summed E-state index contributed by atoms with van der Waals surface area (Å²) in [5, 5.41) is 0. The molecule has 0 saturated carbocycles. The molecule has 0 spiro atoms. The summed E-state index contributed by atoms with van der Waals surface area (Å²) in [6.07, 6.45) is 10.8. The number of esters is 2. The number of rotatable bonds is 15. The summed E-state index contributed by atoms with van der Waals surface area (Å²) in [7, 11) is 0. The molecule has 41 heavy (non-hydrogen) atoms. The van der Waals surface area contributed by atoms with Gasteiger partial charge >= 0.3 is 11.9 Å². The molecule has 224 valence electrons. The number of hydrogen-bond acceptors (Lipinski definition) is 5. The molecule has 1 aliphatic rings. The van der Waals surface area contributed by atoms with Crippen LogP contribution in [-0.2, 0) is 32.0 Å². The van der Waals surface area contributed by atoms with Crippen LogP contribution in [0.25, 0.3) is 0 Å². The highest BCUT2D eigenvalue weighted by atomic mass is 19.1. The summed E-state index contributed by atoms with van der Waals surface area (Å²) in [4.78, 5) is 32.6. The van der Waals surface area contributed by atoms with Crippen molar-refractivity contribution >= 4 is 23.5 Å². The lowest BCUT2D eigenvalue weighted by molar-refractivity contribution is -0.236. The number of aliphatic imine (C=N–C) groups is 1. The van der Waals surface area contributed by atoms with Crippen LogP contribution in [0, 0.1) is 17.6 Å². The van der Waals surface area contributed by atoms with Gasteiger partial charge in [-0.3, -0.25) is 9.59 Å². The third kappa shape index (κ3) is 9.94. The van der Waals surface area contributed by atoms with E-state index in [4.69, 9.17) is 9.47 Å². The zero-order valence-corrected chi connectivity index (χ0v) is 24.9. The van der Waals surface area contributed by atoms with Gasteiger partial charge in [0.2, 0.25) is 5.92 Å². The van der Waals surface area contributed by atoms with E-state index in [1.807, 2.05) is 17.0 Å². The van der Waals surface area contributed by atoms with Crippen LogP contribution in [0.5, 0.6) is 0 Å². The van der Waals surface area contributed by atoms with E-state index in [1.54, 1.807) is 0 Å². The minimum Gasteiger partial charge on any atom is -0.422 e. The van der Waals surface area contributed by atoms with Gasteiger partial charge in [-0.25, -0.2) is 13.8 Å². The van der Waals surface area contributed by atoms with Gasteiger partial charge < -0.3 is 14.4 Å². The molecule has 2 aromatic rings. The predicted molar refractivity (Wildman–Crippen MR) is 157 cm³/mol. The lowest BCUT2D eigenvalue weighted by Gasteiger charge is -2.36. The highest BCUT2D eigenvalue weighted by Gasteiger charge is 2.47. The average molecular weight is 571 g/mol. The summed E-state index contributed by atoms with van der Waals surface area (Å²) < 4.78 is 39.3. The zero-order chi connectivity index (χ0) is 29.8. The van der Waals surface area contributed by atoms with Crippen LogP contribution >= 0.6 is 0 Å². The Morgan fingerprint density at radius 1 is 0.829 bits per heavy atom. The summed E-state index contributed by atoms with van der Waals surface area (Å²) in [6, 6.07) is 11.3. The molecule has 1 saturated heterocycles. The first-order valence-corrected chi connectivity index (χ1v) is 15.0. The molecule has 0 aromatic heterocycles. The highest BCUT2D eigenvalue weighted by molar-refractivity contribution is 6.17. The first-order valence-electron chi connectivity index (χ1n) is 15.0. The predicted octanol–water partition coefficient (Wildman–Crippen LogP) is 8.04. The normalized spacial score (nSPS) is 15.5. The molecule has 1 heterocycles. The van der Waals surface area contributed by atoms with E-state index in [2.05, 4.69) is 31.0 Å². The van der Waals surface area contributed by atoms with Crippen LogP contribution in [-0.4, -0.2) is 35.0 Å². The molecule has 1 aliphatic heterocycles. The number of ether oxygens (including phenoxy) is 2. The minimum atomic E-state index is -1.50. The summed E-state index contributed by atoms with van der Waals surface area (Å²) >= 11 is 0. The molecule has 0 N–H and O–H groups in total. The number of halogens is 2. The van der Waals surface area contributed by atoms with E-state index in [-0.39, 0.29) is 11.5 Å². The van der Waals surface area contributed by atoms with Crippen molar-refractivity contribution in [3.8, 4) is 0 Å². The van der Waals surface area contributed by atoms with Gasteiger partial charge in [-0.2, -0.15) is 0 Å². The largest absolute Gasteiger partial charge is 0.422 e. The van der Waals surface area contributed by atoms with Crippen molar-refractivity contribution in [2.45, 2.75) is 104 Å². The average Bonchev–Trinajstić information content (AvgIpc) is 2.91. The fourth-order valence-corrected chi connectivity index (χ4v) is 4.91. The molecule has 0 aliphatic carbocycles. The van der Waals surface area contributed by atoms with E-state index in [1.165, 1.54) is 44.7 Å². The SMILES string of the molecule is CCCCCCCN(Cc1ccc(CCCCCC)cc1)C(=Nc1ccc(F)cc1F)C1C(=O)OC(C)(C)OC1=O. The van der Waals surface area contributed by atoms with Crippen LogP contribution in [0.2, 0.25) is 0 Å². The fraction of sp³-hybridized carbons (Fsp3) is 0.545. The van der Waals surface area contributed by atoms with E-state index >= 15 is 0 Å². The number of aryl methyl sites for hydroxylation is 1. The van der Waals surface area contributed by atoms with Gasteiger partial charge in [0.1, 0.15) is 17.3 Å². The maximum Gasteiger partial charge on any atom is 0.331 e. The number of carbonyl (C=O) groups is 2. The Morgan fingerprint density at radius 3 is 2.02 bits per heavy atom. The second-order valence-corrected chi connectivity index (χ2v) is 11.2. The molecular formula is C33H44F2N2O4. The lowest BCUT2D eigenvalue weighted by Crippen LogP contribution is -2.52. The van der Waals surface area contributed by atoms with Crippen molar-refractivity contribution in [3.63, 3.8) is 0 Å². The van der Waals surface area contributed by atoms with Gasteiger partial charge in [-0.15, -0.1) is 0 Å². The Labute approximate surface area is 243 Å². The number of carbonyl (C=O) groups excluding carboxylic acids is 2. The number of amidine groups is 1.